The summed E-state index contributed by atoms with van der Waals surface area (Å²) < 4.78 is 0. The van der Waals surface area contributed by atoms with Crippen molar-refractivity contribution in [1.29, 1.82) is 0 Å². The Labute approximate surface area is 201 Å². The van der Waals surface area contributed by atoms with Gasteiger partial charge in [0.15, 0.2) is 5.96 Å². The van der Waals surface area contributed by atoms with Gasteiger partial charge < -0.3 is 15.5 Å². The fourth-order valence-electron chi connectivity index (χ4n) is 5.01. The minimum Gasteiger partial charge on any atom is -0.363 e. The van der Waals surface area contributed by atoms with Crippen LogP contribution in [0.1, 0.15) is 38.5 Å². The highest BCUT2D eigenvalue weighted by molar-refractivity contribution is 14.0. The minimum atomic E-state index is 0. The van der Waals surface area contributed by atoms with Crippen LogP contribution in [0, 0.1) is 0 Å². The number of thiophene rings is 1. The number of aliphatic imine (C=N–C) groups is 1. The van der Waals surface area contributed by atoms with Crippen molar-refractivity contribution < 1.29 is 0 Å². The van der Waals surface area contributed by atoms with Crippen LogP contribution >= 0.6 is 47.1 Å². The van der Waals surface area contributed by atoms with E-state index in [1.165, 1.54) is 68.1 Å². The van der Waals surface area contributed by atoms with Crippen molar-refractivity contribution in [2.75, 3.05) is 56.2 Å². The Hall–Kier alpha value is -0.190. The van der Waals surface area contributed by atoms with Crippen molar-refractivity contribution in [1.82, 2.24) is 15.5 Å². The average Bonchev–Trinajstić information content (AvgIpc) is 3.45. The van der Waals surface area contributed by atoms with Gasteiger partial charge in [-0.25, -0.2) is 0 Å². The lowest BCUT2D eigenvalue weighted by atomic mass is 9.94. The number of guanidine groups is 1. The first-order valence-corrected chi connectivity index (χ1v) is 12.9. The first-order chi connectivity index (χ1) is 13.8. The summed E-state index contributed by atoms with van der Waals surface area (Å²) >= 11 is 3.95. The molecule has 0 atom stereocenters. The van der Waals surface area contributed by atoms with Crippen molar-refractivity contribution in [3.05, 3.63) is 17.5 Å². The number of halogens is 1. The highest BCUT2D eigenvalue weighted by Gasteiger charge is 2.40. The van der Waals surface area contributed by atoms with E-state index in [0.29, 0.717) is 11.6 Å². The normalized spacial score (nSPS) is 23.6. The van der Waals surface area contributed by atoms with Crippen LogP contribution in [0.5, 0.6) is 0 Å². The Bertz CT molecular complexity index is 619. The molecule has 8 heteroatoms. The van der Waals surface area contributed by atoms with Crippen LogP contribution in [0.25, 0.3) is 0 Å². The molecule has 1 saturated carbocycles. The third kappa shape index (κ3) is 5.95. The molecule has 2 N–H and O–H groups in total. The Balaban J connectivity index is 0.00000240. The molecule has 0 unspecified atom stereocenters. The largest absolute Gasteiger partial charge is 0.363 e. The van der Waals surface area contributed by atoms with E-state index in [0.717, 1.165) is 25.6 Å². The van der Waals surface area contributed by atoms with Gasteiger partial charge in [0.2, 0.25) is 0 Å². The smallest absolute Gasteiger partial charge is 0.191 e. The van der Waals surface area contributed by atoms with Crippen LogP contribution in [0.4, 0.5) is 5.00 Å². The van der Waals surface area contributed by atoms with E-state index < -0.39 is 0 Å². The Kier molecular flexibility index (Phi) is 9.26. The molecule has 0 amide bonds. The molecule has 1 aromatic heterocycles. The number of rotatable bonds is 5. The molecule has 2 aliphatic heterocycles. The van der Waals surface area contributed by atoms with E-state index in [1.807, 2.05) is 18.4 Å². The number of nitrogens with one attached hydrogen (secondary N) is 2. The Morgan fingerprint density at radius 1 is 1.17 bits per heavy atom. The predicted octanol–water partition coefficient (Wildman–Crippen LogP) is 3.86. The Morgan fingerprint density at radius 2 is 1.90 bits per heavy atom. The molecule has 4 rings (SSSR count). The lowest BCUT2D eigenvalue weighted by Gasteiger charge is -2.44. The van der Waals surface area contributed by atoms with Crippen molar-refractivity contribution in [3.8, 4) is 0 Å². The summed E-state index contributed by atoms with van der Waals surface area (Å²) in [6.07, 6.45) is 7.76. The summed E-state index contributed by atoms with van der Waals surface area (Å²) in [6, 6.07) is 4.91. The van der Waals surface area contributed by atoms with Crippen LogP contribution in [0.2, 0.25) is 0 Å². The third-order valence-corrected chi connectivity index (χ3v) is 8.55. The first kappa shape index (κ1) is 23.5. The zero-order valence-corrected chi connectivity index (χ0v) is 21.5. The average molecular weight is 550 g/mol. The van der Waals surface area contributed by atoms with E-state index in [9.17, 15) is 0 Å². The van der Waals surface area contributed by atoms with Crippen LogP contribution in [0.15, 0.2) is 22.5 Å². The molecule has 1 aliphatic carbocycles. The number of hydrogen-bond acceptors (Lipinski definition) is 5. The van der Waals surface area contributed by atoms with E-state index in [1.54, 1.807) is 0 Å². The van der Waals surface area contributed by atoms with Crippen molar-refractivity contribution in [2.24, 2.45) is 4.99 Å². The van der Waals surface area contributed by atoms with Gasteiger partial charge in [-0.15, -0.1) is 35.3 Å². The zero-order valence-electron chi connectivity index (χ0n) is 17.6. The molecule has 0 radical (unpaired) electrons. The Morgan fingerprint density at radius 3 is 2.52 bits per heavy atom. The minimum absolute atomic E-state index is 0. The fourth-order valence-corrected chi connectivity index (χ4v) is 6.69. The number of anilines is 1. The maximum Gasteiger partial charge on any atom is 0.191 e. The summed E-state index contributed by atoms with van der Waals surface area (Å²) in [7, 11) is 1.91. The first-order valence-electron chi connectivity index (χ1n) is 10.9. The van der Waals surface area contributed by atoms with E-state index in [4.69, 9.17) is 0 Å². The molecule has 164 valence electrons. The molecule has 3 aliphatic rings. The second-order valence-electron chi connectivity index (χ2n) is 8.31. The van der Waals surface area contributed by atoms with Gasteiger partial charge in [0.05, 0.1) is 5.00 Å². The lowest BCUT2D eigenvalue weighted by molar-refractivity contribution is 0.107. The standard InChI is InChI=1S/C21H35N5S2.HI/c1-22-20(24-18-6-10-25(11-7-18)19-5-4-14-28-19)23-17-21(8-2-3-9-21)26-12-15-27-16-13-26;/h4-5,14,18H,2-3,6-13,15-17H2,1H3,(H2,22,23,24);1H. The second-order valence-corrected chi connectivity index (χ2v) is 10.5. The van der Waals surface area contributed by atoms with Gasteiger partial charge >= 0.3 is 0 Å². The zero-order chi connectivity index (χ0) is 19.2. The number of thioether (sulfide) groups is 1. The second kappa shape index (κ2) is 11.4. The van der Waals surface area contributed by atoms with Gasteiger partial charge in [0, 0.05) is 62.9 Å². The van der Waals surface area contributed by atoms with Gasteiger partial charge in [-0.1, -0.05) is 12.8 Å². The van der Waals surface area contributed by atoms with Crippen LogP contribution < -0.4 is 15.5 Å². The van der Waals surface area contributed by atoms with Crippen molar-refractivity contribution >= 4 is 58.0 Å². The van der Waals surface area contributed by atoms with Gasteiger partial charge in [-0.3, -0.25) is 9.89 Å². The maximum atomic E-state index is 4.55. The van der Waals surface area contributed by atoms with Gasteiger partial charge in [-0.05, 0) is 43.2 Å². The molecule has 3 heterocycles. The van der Waals surface area contributed by atoms with Gasteiger partial charge in [0.25, 0.3) is 0 Å². The highest BCUT2D eigenvalue weighted by atomic mass is 127. The molecule has 5 nitrogen and oxygen atoms in total. The molecule has 0 aromatic carbocycles. The SMILES string of the molecule is CN=C(NCC1(N2CCSCC2)CCCC1)NC1CCN(c2cccs2)CC1.I. The molecule has 0 spiro atoms. The van der Waals surface area contributed by atoms with E-state index in [-0.39, 0.29) is 24.0 Å². The summed E-state index contributed by atoms with van der Waals surface area (Å²) in [5.74, 6) is 3.57. The lowest BCUT2D eigenvalue weighted by Crippen LogP contribution is -2.58. The number of nitrogens with zero attached hydrogens (tertiary/aromatic N) is 3. The van der Waals surface area contributed by atoms with Gasteiger partial charge in [0.1, 0.15) is 0 Å². The topological polar surface area (TPSA) is 42.9 Å². The molecular formula is C21H36IN5S2. The molecule has 0 bridgehead atoms. The molecule has 2 saturated heterocycles. The number of hydrogen-bond donors (Lipinski definition) is 2. The molecule has 1 aromatic rings. The number of piperidine rings is 1. The third-order valence-electron chi connectivity index (χ3n) is 6.68. The summed E-state index contributed by atoms with van der Waals surface area (Å²) in [4.78, 5) is 9.84. The monoisotopic (exact) mass is 549 g/mol. The molecular weight excluding hydrogens is 513 g/mol. The summed E-state index contributed by atoms with van der Waals surface area (Å²) in [5, 5.41) is 11.0. The van der Waals surface area contributed by atoms with Crippen LogP contribution in [-0.4, -0.2) is 73.7 Å². The van der Waals surface area contributed by atoms with E-state index >= 15 is 0 Å². The molecule has 3 fully saturated rings. The predicted molar refractivity (Wildman–Crippen MR) is 140 cm³/mol. The van der Waals surface area contributed by atoms with Crippen molar-refractivity contribution in [2.45, 2.75) is 50.1 Å². The van der Waals surface area contributed by atoms with Crippen molar-refractivity contribution in [3.63, 3.8) is 0 Å². The van der Waals surface area contributed by atoms with Crippen LogP contribution in [0.3, 0.4) is 0 Å². The summed E-state index contributed by atoms with van der Waals surface area (Å²) in [5.41, 5.74) is 0.348. The van der Waals surface area contributed by atoms with E-state index in [2.05, 4.69) is 54.7 Å². The molecule has 29 heavy (non-hydrogen) atoms. The quantitative estimate of drug-likeness (QED) is 0.332. The maximum absolute atomic E-state index is 4.55. The summed E-state index contributed by atoms with van der Waals surface area (Å²) in [6.45, 7) is 5.79. The van der Waals surface area contributed by atoms with Crippen LogP contribution in [-0.2, 0) is 0 Å². The fraction of sp³-hybridized carbons (Fsp3) is 0.762. The van der Waals surface area contributed by atoms with Gasteiger partial charge in [-0.2, -0.15) is 11.8 Å². The highest BCUT2D eigenvalue weighted by Crippen LogP contribution is 2.36.